The van der Waals surface area contributed by atoms with E-state index < -0.39 is 0 Å². The summed E-state index contributed by atoms with van der Waals surface area (Å²) in [5.74, 6) is 1.22. The second-order valence-electron chi connectivity index (χ2n) is 3.43. The second-order valence-corrected chi connectivity index (χ2v) is 4.67. The minimum Gasteiger partial charge on any atom is -0.456 e. The Morgan fingerprint density at radius 1 is 1.18 bits per heavy atom. The molecule has 2 aromatic carbocycles. The molecule has 0 saturated heterocycles. The number of nitriles is 1. The Morgan fingerprint density at radius 3 is 2.71 bits per heavy atom. The van der Waals surface area contributed by atoms with E-state index in [-0.39, 0.29) is 0 Å². The van der Waals surface area contributed by atoms with Gasteiger partial charge in [0.1, 0.15) is 17.6 Å². The molecular formula is C13H9IN2O. The van der Waals surface area contributed by atoms with Crippen molar-refractivity contribution >= 4 is 28.3 Å². The lowest BCUT2D eigenvalue weighted by molar-refractivity contribution is 0.481. The van der Waals surface area contributed by atoms with Crippen molar-refractivity contribution in [3.63, 3.8) is 0 Å². The lowest BCUT2D eigenvalue weighted by atomic mass is 10.2. The maximum Gasteiger partial charge on any atom is 0.145 e. The van der Waals surface area contributed by atoms with E-state index in [0.29, 0.717) is 22.7 Å². The highest BCUT2D eigenvalue weighted by Crippen LogP contribution is 2.27. The molecular weight excluding hydrogens is 327 g/mol. The van der Waals surface area contributed by atoms with Gasteiger partial charge < -0.3 is 10.5 Å². The zero-order chi connectivity index (χ0) is 12.3. The fraction of sp³-hybridized carbons (Fsp3) is 0. The van der Waals surface area contributed by atoms with Gasteiger partial charge in [-0.25, -0.2) is 0 Å². The van der Waals surface area contributed by atoms with Gasteiger partial charge in [-0.1, -0.05) is 6.07 Å². The molecule has 0 unspecified atom stereocenters. The Labute approximate surface area is 113 Å². The van der Waals surface area contributed by atoms with Gasteiger partial charge in [0.15, 0.2) is 0 Å². The number of rotatable bonds is 2. The summed E-state index contributed by atoms with van der Waals surface area (Å²) in [5, 5.41) is 8.99. The molecule has 0 saturated carbocycles. The van der Waals surface area contributed by atoms with Crippen LogP contribution in [0, 0.1) is 14.9 Å². The molecule has 3 nitrogen and oxygen atoms in total. The van der Waals surface area contributed by atoms with E-state index in [2.05, 4.69) is 28.7 Å². The Bertz CT molecular complexity index is 590. The van der Waals surface area contributed by atoms with Crippen molar-refractivity contribution in [3.05, 3.63) is 51.6 Å². The Kier molecular flexibility index (Phi) is 3.49. The highest BCUT2D eigenvalue weighted by Gasteiger charge is 2.05. The number of hydrogen-bond acceptors (Lipinski definition) is 3. The van der Waals surface area contributed by atoms with E-state index in [4.69, 9.17) is 15.7 Å². The second kappa shape index (κ2) is 5.06. The first kappa shape index (κ1) is 11.7. The summed E-state index contributed by atoms with van der Waals surface area (Å²) in [5.41, 5.74) is 6.60. The first-order valence-corrected chi connectivity index (χ1v) is 6.00. The minimum absolute atomic E-state index is 0.434. The van der Waals surface area contributed by atoms with Crippen molar-refractivity contribution in [1.82, 2.24) is 0 Å². The molecule has 0 aromatic heterocycles. The topological polar surface area (TPSA) is 59.0 Å². The molecule has 0 aliphatic heterocycles. The molecule has 0 amide bonds. The van der Waals surface area contributed by atoms with Crippen LogP contribution in [0.15, 0.2) is 42.5 Å². The molecule has 2 rings (SSSR count). The average Bonchev–Trinajstić information content (AvgIpc) is 2.31. The van der Waals surface area contributed by atoms with Crippen molar-refractivity contribution in [3.8, 4) is 17.6 Å². The van der Waals surface area contributed by atoms with Crippen LogP contribution in [0.3, 0.4) is 0 Å². The predicted molar refractivity (Wildman–Crippen MR) is 74.8 cm³/mol. The zero-order valence-electron chi connectivity index (χ0n) is 8.85. The summed E-state index contributed by atoms with van der Waals surface area (Å²) < 4.78 is 6.73. The highest BCUT2D eigenvalue weighted by molar-refractivity contribution is 14.1. The van der Waals surface area contributed by atoms with Gasteiger partial charge in [0.05, 0.1) is 5.56 Å². The number of nitrogen functional groups attached to an aromatic ring is 1. The summed E-state index contributed by atoms with van der Waals surface area (Å²) in [6, 6.07) is 14.7. The van der Waals surface area contributed by atoms with E-state index in [0.717, 1.165) is 3.57 Å². The first-order chi connectivity index (χ1) is 8.19. The van der Waals surface area contributed by atoms with E-state index in [1.807, 2.05) is 24.3 Å². The van der Waals surface area contributed by atoms with Crippen molar-refractivity contribution in [1.29, 1.82) is 5.26 Å². The van der Waals surface area contributed by atoms with Crippen LogP contribution in [-0.4, -0.2) is 0 Å². The van der Waals surface area contributed by atoms with Crippen molar-refractivity contribution < 1.29 is 4.74 Å². The molecule has 0 aliphatic carbocycles. The van der Waals surface area contributed by atoms with Crippen molar-refractivity contribution in [2.75, 3.05) is 5.73 Å². The molecule has 0 bridgehead atoms. The molecule has 4 heteroatoms. The molecule has 0 aliphatic rings. The Morgan fingerprint density at radius 2 is 2.00 bits per heavy atom. The standard InChI is InChI=1S/C13H9IN2O/c14-10-2-1-3-12(7-10)17-13-5-4-11(16)6-9(13)8-15/h1-7H,16H2. The molecule has 0 radical (unpaired) electrons. The molecule has 0 heterocycles. The number of ether oxygens (including phenoxy) is 1. The summed E-state index contributed by atoms with van der Waals surface area (Å²) in [7, 11) is 0. The van der Waals surface area contributed by atoms with Crippen LogP contribution < -0.4 is 10.5 Å². The van der Waals surface area contributed by atoms with Gasteiger partial charge in [0.2, 0.25) is 0 Å². The van der Waals surface area contributed by atoms with Gasteiger partial charge in [-0.2, -0.15) is 5.26 Å². The van der Waals surface area contributed by atoms with E-state index in [1.54, 1.807) is 18.2 Å². The van der Waals surface area contributed by atoms with Gasteiger partial charge >= 0.3 is 0 Å². The molecule has 17 heavy (non-hydrogen) atoms. The summed E-state index contributed by atoms with van der Waals surface area (Å²) >= 11 is 2.21. The molecule has 2 aromatic rings. The van der Waals surface area contributed by atoms with Crippen LogP contribution in [0.5, 0.6) is 11.5 Å². The van der Waals surface area contributed by atoms with Crippen molar-refractivity contribution in [2.45, 2.75) is 0 Å². The molecule has 84 valence electrons. The summed E-state index contributed by atoms with van der Waals surface area (Å²) in [6.45, 7) is 0. The summed E-state index contributed by atoms with van der Waals surface area (Å²) in [4.78, 5) is 0. The number of halogens is 1. The molecule has 0 fully saturated rings. The maximum atomic E-state index is 8.99. The summed E-state index contributed by atoms with van der Waals surface area (Å²) in [6.07, 6.45) is 0. The molecule has 0 atom stereocenters. The van der Waals surface area contributed by atoms with Crippen LogP contribution in [0.4, 0.5) is 5.69 Å². The van der Waals surface area contributed by atoms with E-state index in [1.165, 1.54) is 0 Å². The SMILES string of the molecule is N#Cc1cc(N)ccc1Oc1cccc(I)c1. The smallest absolute Gasteiger partial charge is 0.145 e. The molecule has 0 spiro atoms. The van der Waals surface area contributed by atoms with Crippen LogP contribution in [-0.2, 0) is 0 Å². The average molecular weight is 336 g/mol. The van der Waals surface area contributed by atoms with Gasteiger partial charge in [-0.3, -0.25) is 0 Å². The van der Waals surface area contributed by atoms with Gasteiger partial charge in [0.25, 0.3) is 0 Å². The zero-order valence-corrected chi connectivity index (χ0v) is 11.0. The van der Waals surface area contributed by atoms with Crippen molar-refractivity contribution in [2.24, 2.45) is 0 Å². The third-order valence-corrected chi connectivity index (χ3v) is 2.82. The number of nitrogens with two attached hydrogens (primary N) is 1. The fourth-order valence-corrected chi connectivity index (χ4v) is 1.90. The number of anilines is 1. The quantitative estimate of drug-likeness (QED) is 0.674. The van der Waals surface area contributed by atoms with Crippen LogP contribution in [0.2, 0.25) is 0 Å². The first-order valence-electron chi connectivity index (χ1n) is 4.92. The lowest BCUT2D eigenvalue weighted by Crippen LogP contribution is -1.91. The Hall–Kier alpha value is -1.74. The Balaban J connectivity index is 2.34. The largest absolute Gasteiger partial charge is 0.456 e. The minimum atomic E-state index is 0.434. The predicted octanol–water partition coefficient (Wildman–Crippen LogP) is 3.54. The van der Waals surface area contributed by atoms with Crippen LogP contribution in [0.25, 0.3) is 0 Å². The molecule has 2 N–H and O–H groups in total. The van der Waals surface area contributed by atoms with E-state index >= 15 is 0 Å². The number of benzene rings is 2. The lowest BCUT2D eigenvalue weighted by Gasteiger charge is -2.08. The van der Waals surface area contributed by atoms with Crippen LogP contribution in [0.1, 0.15) is 5.56 Å². The maximum absolute atomic E-state index is 8.99. The van der Waals surface area contributed by atoms with Crippen LogP contribution >= 0.6 is 22.6 Å². The van der Waals surface area contributed by atoms with Gasteiger partial charge in [-0.05, 0) is 59.0 Å². The normalized spacial score (nSPS) is 9.65. The van der Waals surface area contributed by atoms with E-state index in [9.17, 15) is 0 Å². The fourth-order valence-electron chi connectivity index (χ4n) is 1.38. The van der Waals surface area contributed by atoms with Gasteiger partial charge in [-0.15, -0.1) is 0 Å². The third kappa shape index (κ3) is 2.88. The third-order valence-electron chi connectivity index (χ3n) is 2.15. The van der Waals surface area contributed by atoms with Gasteiger partial charge in [0, 0.05) is 9.26 Å². The number of nitrogens with zero attached hydrogens (tertiary/aromatic N) is 1. The highest BCUT2D eigenvalue weighted by atomic mass is 127. The monoisotopic (exact) mass is 336 g/mol. The number of hydrogen-bond donors (Lipinski definition) is 1.